The summed E-state index contributed by atoms with van der Waals surface area (Å²) in [5.74, 6) is -0.969. The Balaban J connectivity index is 1.53. The van der Waals surface area contributed by atoms with Crippen LogP contribution >= 0.6 is 0 Å². The van der Waals surface area contributed by atoms with Gasteiger partial charge in [-0.05, 0) is 35.7 Å². The fraction of sp³-hybridized carbons (Fsp3) is 0.143. The third-order valence-corrected chi connectivity index (χ3v) is 4.67. The number of rotatable bonds is 3. The topological polar surface area (TPSA) is 70.2 Å². The summed E-state index contributed by atoms with van der Waals surface area (Å²) in [5.41, 5.74) is 0.497. The minimum absolute atomic E-state index is 0.0178. The summed E-state index contributed by atoms with van der Waals surface area (Å²) in [5, 5.41) is 10.1. The lowest BCUT2D eigenvalue weighted by Crippen LogP contribution is -2.36. The third kappa shape index (κ3) is 3.87. The molecule has 1 heterocycles. The highest BCUT2D eigenvalue weighted by atomic mass is 19.4. The van der Waals surface area contributed by atoms with Crippen molar-refractivity contribution >= 4 is 39.6 Å². The molecule has 0 unspecified atom stereocenters. The summed E-state index contributed by atoms with van der Waals surface area (Å²) in [6, 6.07) is 14.6. The number of nitrogens with one attached hydrogen (secondary N) is 3. The SMILES string of the molecule is O=C(C[C@H]1Nc2cccc3cccc(c23)NC1=O)Nc1cccc(C(F)(F)F)c1. The first-order valence-corrected chi connectivity index (χ1v) is 8.87. The van der Waals surface area contributed by atoms with Crippen LogP contribution in [0.25, 0.3) is 10.8 Å². The van der Waals surface area contributed by atoms with Crippen LogP contribution in [0.4, 0.5) is 30.2 Å². The molecule has 3 aromatic carbocycles. The van der Waals surface area contributed by atoms with Gasteiger partial charge in [0.15, 0.2) is 0 Å². The van der Waals surface area contributed by atoms with Crippen molar-refractivity contribution in [2.24, 2.45) is 0 Å². The van der Waals surface area contributed by atoms with Gasteiger partial charge >= 0.3 is 6.18 Å². The normalized spacial score (nSPS) is 16.0. The van der Waals surface area contributed by atoms with Gasteiger partial charge in [-0.2, -0.15) is 13.2 Å². The lowest BCUT2D eigenvalue weighted by molar-refractivity contribution is -0.137. The second-order valence-corrected chi connectivity index (χ2v) is 6.73. The second-order valence-electron chi connectivity index (χ2n) is 6.73. The van der Waals surface area contributed by atoms with Crippen molar-refractivity contribution in [3.8, 4) is 0 Å². The molecule has 0 radical (unpaired) electrons. The molecule has 1 atom stereocenters. The van der Waals surface area contributed by atoms with Crippen molar-refractivity contribution in [2.75, 3.05) is 16.0 Å². The summed E-state index contributed by atoms with van der Waals surface area (Å²) < 4.78 is 38.5. The maximum Gasteiger partial charge on any atom is 0.416 e. The molecule has 2 amide bonds. The Morgan fingerprint density at radius 1 is 1.00 bits per heavy atom. The fourth-order valence-corrected chi connectivity index (χ4v) is 3.35. The van der Waals surface area contributed by atoms with E-state index in [-0.39, 0.29) is 12.1 Å². The quantitative estimate of drug-likeness (QED) is 0.602. The van der Waals surface area contributed by atoms with Gasteiger partial charge in [-0.15, -0.1) is 0 Å². The predicted octanol–water partition coefficient (Wildman–Crippen LogP) is 4.62. The Bertz CT molecular complexity index is 1110. The van der Waals surface area contributed by atoms with Crippen molar-refractivity contribution in [1.29, 1.82) is 0 Å². The molecule has 8 heteroatoms. The van der Waals surface area contributed by atoms with E-state index in [0.717, 1.165) is 22.9 Å². The van der Waals surface area contributed by atoms with Gasteiger partial charge in [0.25, 0.3) is 0 Å². The Hall–Kier alpha value is -3.55. The summed E-state index contributed by atoms with van der Waals surface area (Å²) in [4.78, 5) is 25.0. The smallest absolute Gasteiger partial charge is 0.373 e. The van der Waals surface area contributed by atoms with Crippen LogP contribution in [0.2, 0.25) is 0 Å². The minimum atomic E-state index is -4.51. The van der Waals surface area contributed by atoms with E-state index >= 15 is 0 Å². The van der Waals surface area contributed by atoms with E-state index in [0.29, 0.717) is 11.4 Å². The first kappa shape index (κ1) is 18.8. The van der Waals surface area contributed by atoms with Gasteiger partial charge in [-0.25, -0.2) is 0 Å². The van der Waals surface area contributed by atoms with Crippen LogP contribution in [0.15, 0.2) is 60.7 Å². The van der Waals surface area contributed by atoms with Crippen LogP contribution in [-0.2, 0) is 15.8 Å². The van der Waals surface area contributed by atoms with Gasteiger partial charge < -0.3 is 16.0 Å². The number of benzene rings is 3. The fourth-order valence-electron chi connectivity index (χ4n) is 3.35. The number of carbonyl (C=O) groups is 2. The zero-order chi connectivity index (χ0) is 20.6. The van der Waals surface area contributed by atoms with Gasteiger partial charge in [0.2, 0.25) is 11.8 Å². The predicted molar refractivity (Wildman–Crippen MR) is 105 cm³/mol. The maximum atomic E-state index is 12.8. The van der Waals surface area contributed by atoms with Crippen molar-refractivity contribution in [3.63, 3.8) is 0 Å². The summed E-state index contributed by atoms with van der Waals surface area (Å²) in [7, 11) is 0. The van der Waals surface area contributed by atoms with E-state index in [2.05, 4.69) is 16.0 Å². The number of amides is 2. The van der Waals surface area contributed by atoms with Gasteiger partial charge in [0.1, 0.15) is 6.04 Å². The Morgan fingerprint density at radius 3 is 2.41 bits per heavy atom. The molecule has 4 rings (SSSR count). The molecular weight excluding hydrogens is 383 g/mol. The summed E-state index contributed by atoms with van der Waals surface area (Å²) in [6.07, 6.45) is -4.75. The number of alkyl halides is 3. The molecule has 148 valence electrons. The number of anilines is 3. The molecule has 0 saturated heterocycles. The standard InChI is InChI=1S/C21H16F3N3O2/c22-21(23,24)13-6-3-7-14(10-13)25-18(28)11-17-20(29)27-16-9-2-5-12-4-1-8-15(26-17)19(12)16/h1-10,17,26H,11H2,(H,25,28)(H,27,29)/t17-/m1/s1. The lowest BCUT2D eigenvalue weighted by Gasteiger charge is -2.16. The molecule has 0 spiro atoms. The van der Waals surface area contributed by atoms with Gasteiger partial charge in [0.05, 0.1) is 17.7 Å². The zero-order valence-corrected chi connectivity index (χ0v) is 15.0. The summed E-state index contributed by atoms with van der Waals surface area (Å²) in [6.45, 7) is 0. The molecule has 29 heavy (non-hydrogen) atoms. The van der Waals surface area contributed by atoms with Gasteiger partial charge in [-0.3, -0.25) is 9.59 Å². The molecule has 1 aliphatic rings. The molecular formula is C21H16F3N3O2. The van der Waals surface area contributed by atoms with Crippen molar-refractivity contribution in [3.05, 3.63) is 66.2 Å². The van der Waals surface area contributed by atoms with Crippen LogP contribution in [0.1, 0.15) is 12.0 Å². The maximum absolute atomic E-state index is 12.8. The van der Waals surface area contributed by atoms with Crippen LogP contribution in [-0.4, -0.2) is 17.9 Å². The number of halogens is 3. The number of carbonyl (C=O) groups excluding carboxylic acids is 2. The average molecular weight is 399 g/mol. The summed E-state index contributed by atoms with van der Waals surface area (Å²) >= 11 is 0. The molecule has 0 aliphatic carbocycles. The monoisotopic (exact) mass is 399 g/mol. The molecule has 0 fully saturated rings. The van der Waals surface area contributed by atoms with E-state index in [4.69, 9.17) is 0 Å². The van der Waals surface area contributed by atoms with Crippen molar-refractivity contribution < 1.29 is 22.8 Å². The minimum Gasteiger partial charge on any atom is -0.373 e. The highest BCUT2D eigenvalue weighted by Crippen LogP contribution is 2.34. The Labute approximate surface area is 163 Å². The van der Waals surface area contributed by atoms with Crippen molar-refractivity contribution in [2.45, 2.75) is 18.6 Å². The van der Waals surface area contributed by atoms with Gasteiger partial charge in [0, 0.05) is 16.8 Å². The molecule has 3 aromatic rings. The van der Waals surface area contributed by atoms with E-state index in [1.807, 2.05) is 30.3 Å². The van der Waals surface area contributed by atoms with E-state index in [9.17, 15) is 22.8 Å². The van der Waals surface area contributed by atoms with Crippen LogP contribution in [0.5, 0.6) is 0 Å². The number of hydrogen-bond donors (Lipinski definition) is 3. The largest absolute Gasteiger partial charge is 0.416 e. The first-order chi connectivity index (χ1) is 13.8. The first-order valence-electron chi connectivity index (χ1n) is 8.87. The van der Waals surface area contributed by atoms with E-state index in [1.165, 1.54) is 12.1 Å². The van der Waals surface area contributed by atoms with Crippen molar-refractivity contribution in [1.82, 2.24) is 0 Å². The van der Waals surface area contributed by atoms with Crippen LogP contribution in [0.3, 0.4) is 0 Å². The lowest BCUT2D eigenvalue weighted by atomic mass is 10.1. The molecule has 0 aromatic heterocycles. The Morgan fingerprint density at radius 2 is 1.69 bits per heavy atom. The third-order valence-electron chi connectivity index (χ3n) is 4.67. The molecule has 5 nitrogen and oxygen atoms in total. The molecule has 0 bridgehead atoms. The van der Waals surface area contributed by atoms with Gasteiger partial charge in [-0.1, -0.05) is 30.3 Å². The number of hydrogen-bond acceptors (Lipinski definition) is 3. The van der Waals surface area contributed by atoms with E-state index in [1.54, 1.807) is 6.07 Å². The average Bonchev–Trinajstić information content (AvgIpc) is 2.79. The Kier molecular flexibility index (Phi) is 4.62. The van der Waals surface area contributed by atoms with Crippen LogP contribution in [0, 0.1) is 0 Å². The highest BCUT2D eigenvalue weighted by Gasteiger charge is 2.31. The zero-order valence-electron chi connectivity index (χ0n) is 15.0. The molecule has 1 aliphatic heterocycles. The van der Waals surface area contributed by atoms with E-state index < -0.39 is 29.6 Å². The van der Waals surface area contributed by atoms with Crippen LogP contribution < -0.4 is 16.0 Å². The molecule has 3 N–H and O–H groups in total. The highest BCUT2D eigenvalue weighted by molar-refractivity contribution is 6.13. The molecule has 0 saturated carbocycles. The second kappa shape index (κ2) is 7.12.